The molecule has 0 spiro atoms. The molecule has 0 aliphatic carbocycles. The van der Waals surface area contributed by atoms with Crippen LogP contribution in [0.15, 0.2) is 23.9 Å². The molecule has 2 amide bonds. The topological polar surface area (TPSA) is 78.9 Å². The summed E-state index contributed by atoms with van der Waals surface area (Å²) in [5.74, 6) is -1.94. The Morgan fingerprint density at radius 2 is 2.14 bits per heavy atom. The van der Waals surface area contributed by atoms with Crippen molar-refractivity contribution in [3.8, 4) is 5.75 Å². The molecule has 0 unspecified atom stereocenters. The van der Waals surface area contributed by atoms with Gasteiger partial charge in [-0.1, -0.05) is 11.6 Å². The number of anilines is 1. The summed E-state index contributed by atoms with van der Waals surface area (Å²) in [5.41, 5.74) is 0.186. The number of imide groups is 1. The summed E-state index contributed by atoms with van der Waals surface area (Å²) in [5, 5.41) is 11.5. The van der Waals surface area contributed by atoms with Crippen molar-refractivity contribution in [1.29, 1.82) is 0 Å². The number of rotatable bonds is 5. The summed E-state index contributed by atoms with van der Waals surface area (Å²) < 4.78 is 18.5. The van der Waals surface area contributed by atoms with Crippen LogP contribution >= 0.6 is 11.6 Å². The lowest BCUT2D eigenvalue weighted by Crippen LogP contribution is -2.34. The number of carbonyl (C=O) groups excluding carboxylic acids is 2. The normalized spacial score (nSPS) is 14.5. The number of amides is 2. The van der Waals surface area contributed by atoms with Crippen LogP contribution in [0.1, 0.15) is 0 Å². The number of nitrogens with one attached hydrogen (secondary N) is 1. The molecule has 0 aromatic heterocycles. The molecule has 6 nitrogen and oxygen atoms in total. The molecule has 1 aliphatic heterocycles. The van der Waals surface area contributed by atoms with Gasteiger partial charge < -0.3 is 15.2 Å². The fourth-order valence-electron chi connectivity index (χ4n) is 1.89. The third-order valence-electron chi connectivity index (χ3n) is 2.81. The predicted octanol–water partition coefficient (Wildman–Crippen LogP) is 1.14. The van der Waals surface area contributed by atoms with Crippen molar-refractivity contribution >= 4 is 29.1 Å². The van der Waals surface area contributed by atoms with E-state index in [1.54, 1.807) is 0 Å². The highest BCUT2D eigenvalue weighted by molar-refractivity contribution is 6.32. The maximum Gasteiger partial charge on any atom is 0.277 e. The van der Waals surface area contributed by atoms with E-state index in [1.165, 1.54) is 13.2 Å². The van der Waals surface area contributed by atoms with E-state index in [0.717, 1.165) is 17.0 Å². The Morgan fingerprint density at radius 3 is 2.71 bits per heavy atom. The molecule has 1 heterocycles. The number of ether oxygens (including phenoxy) is 1. The lowest BCUT2D eigenvalue weighted by Gasteiger charge is -2.14. The van der Waals surface area contributed by atoms with Gasteiger partial charge in [0.2, 0.25) is 0 Å². The molecule has 1 aliphatic rings. The van der Waals surface area contributed by atoms with Gasteiger partial charge in [-0.15, -0.1) is 0 Å². The largest absolute Gasteiger partial charge is 0.492 e. The Bertz CT molecular complexity index is 610. The fraction of sp³-hybridized carbons (Fsp3) is 0.231. The number of nitrogens with zero attached hydrogens (tertiary/aromatic N) is 1. The molecule has 0 fully saturated rings. The van der Waals surface area contributed by atoms with Crippen LogP contribution < -0.4 is 10.1 Å². The van der Waals surface area contributed by atoms with E-state index in [1.807, 2.05) is 0 Å². The number of carbonyl (C=O) groups is 2. The molecule has 2 N–H and O–H groups in total. The number of β-amino-alcohol motifs (C(OH)–C–C–N with tert-alkyl or cyclic N) is 1. The van der Waals surface area contributed by atoms with Gasteiger partial charge in [-0.2, -0.15) is 0 Å². The molecule has 2 rings (SSSR count). The smallest absolute Gasteiger partial charge is 0.277 e. The summed E-state index contributed by atoms with van der Waals surface area (Å²) >= 11 is 5.84. The van der Waals surface area contributed by atoms with Crippen molar-refractivity contribution in [1.82, 2.24) is 4.90 Å². The van der Waals surface area contributed by atoms with Gasteiger partial charge in [-0.25, -0.2) is 4.39 Å². The van der Waals surface area contributed by atoms with Crippen LogP contribution in [0.25, 0.3) is 0 Å². The molecule has 1 aromatic carbocycles. The van der Waals surface area contributed by atoms with Crippen molar-refractivity contribution in [2.75, 3.05) is 25.6 Å². The zero-order valence-corrected chi connectivity index (χ0v) is 11.8. The van der Waals surface area contributed by atoms with Crippen LogP contribution in [0.4, 0.5) is 10.1 Å². The lowest BCUT2D eigenvalue weighted by molar-refractivity contribution is -0.137. The van der Waals surface area contributed by atoms with Gasteiger partial charge in [0.1, 0.15) is 5.70 Å². The Kier molecular flexibility index (Phi) is 4.44. The standard InChI is InChI=1S/C13H12ClFN2O4/c1-21-12-8(14)4-7(5-9(12)15)16-10-6-11(19)17(2-3-18)13(10)20/h4-6,16,18H,2-3H2,1H3. The van der Waals surface area contributed by atoms with Gasteiger partial charge in [0, 0.05) is 17.8 Å². The minimum Gasteiger partial charge on any atom is -0.492 e. The van der Waals surface area contributed by atoms with Crippen molar-refractivity contribution < 1.29 is 23.8 Å². The minimum atomic E-state index is -0.697. The van der Waals surface area contributed by atoms with Gasteiger partial charge in [-0.3, -0.25) is 14.5 Å². The monoisotopic (exact) mass is 314 g/mol. The zero-order chi connectivity index (χ0) is 15.6. The zero-order valence-electron chi connectivity index (χ0n) is 11.0. The van der Waals surface area contributed by atoms with E-state index in [-0.39, 0.29) is 35.3 Å². The molecular formula is C13H12ClFN2O4. The first-order valence-electron chi connectivity index (χ1n) is 5.96. The van der Waals surface area contributed by atoms with Gasteiger partial charge in [-0.05, 0) is 6.07 Å². The first kappa shape index (κ1) is 15.3. The van der Waals surface area contributed by atoms with E-state index in [0.29, 0.717) is 0 Å². The maximum atomic E-state index is 13.7. The highest BCUT2D eigenvalue weighted by Gasteiger charge is 2.30. The number of hydrogen-bond donors (Lipinski definition) is 2. The summed E-state index contributed by atoms with van der Waals surface area (Å²) in [7, 11) is 1.28. The van der Waals surface area contributed by atoms with Crippen LogP contribution in [0.5, 0.6) is 5.75 Å². The van der Waals surface area contributed by atoms with E-state index in [9.17, 15) is 14.0 Å². The number of hydrogen-bond acceptors (Lipinski definition) is 5. The molecule has 0 radical (unpaired) electrons. The highest BCUT2D eigenvalue weighted by atomic mass is 35.5. The number of aliphatic hydroxyl groups excluding tert-OH is 1. The molecular weight excluding hydrogens is 303 g/mol. The summed E-state index contributed by atoms with van der Waals surface area (Å²) in [6.45, 7) is -0.432. The van der Waals surface area contributed by atoms with Gasteiger partial charge in [0.25, 0.3) is 11.8 Å². The molecule has 1 aromatic rings. The Balaban J connectivity index is 2.22. The summed E-state index contributed by atoms with van der Waals surface area (Å²) in [4.78, 5) is 24.4. The van der Waals surface area contributed by atoms with Crippen LogP contribution in [0.2, 0.25) is 5.02 Å². The molecule has 0 saturated carbocycles. The average molecular weight is 315 g/mol. The third-order valence-corrected chi connectivity index (χ3v) is 3.10. The van der Waals surface area contributed by atoms with Crippen LogP contribution in [0.3, 0.4) is 0 Å². The number of halogens is 2. The minimum absolute atomic E-state index is 0.0194. The molecule has 0 saturated heterocycles. The summed E-state index contributed by atoms with van der Waals surface area (Å²) in [6.07, 6.45) is 1.08. The Morgan fingerprint density at radius 1 is 1.43 bits per heavy atom. The second-order valence-corrected chi connectivity index (χ2v) is 4.58. The number of aliphatic hydroxyl groups is 1. The summed E-state index contributed by atoms with van der Waals surface area (Å²) in [6, 6.07) is 2.47. The predicted molar refractivity (Wildman–Crippen MR) is 73.5 cm³/mol. The van der Waals surface area contributed by atoms with Gasteiger partial charge in [0.05, 0.1) is 25.3 Å². The highest BCUT2D eigenvalue weighted by Crippen LogP contribution is 2.31. The van der Waals surface area contributed by atoms with Gasteiger partial charge in [0.15, 0.2) is 11.6 Å². The van der Waals surface area contributed by atoms with Crippen molar-refractivity contribution in [3.63, 3.8) is 0 Å². The van der Waals surface area contributed by atoms with Crippen LogP contribution in [-0.4, -0.2) is 42.1 Å². The molecule has 112 valence electrons. The Labute approximate surface area is 124 Å². The molecule has 0 atom stereocenters. The quantitative estimate of drug-likeness (QED) is 0.797. The first-order chi connectivity index (χ1) is 9.97. The fourth-order valence-corrected chi connectivity index (χ4v) is 2.18. The molecule has 21 heavy (non-hydrogen) atoms. The first-order valence-corrected chi connectivity index (χ1v) is 6.34. The maximum absolute atomic E-state index is 13.7. The van der Waals surface area contributed by atoms with Crippen LogP contribution in [0, 0.1) is 5.82 Å². The van der Waals surface area contributed by atoms with Crippen molar-refractivity contribution in [2.45, 2.75) is 0 Å². The van der Waals surface area contributed by atoms with Crippen molar-refractivity contribution in [3.05, 3.63) is 34.7 Å². The average Bonchev–Trinajstić information content (AvgIpc) is 2.66. The number of methoxy groups -OCH3 is 1. The number of benzene rings is 1. The van der Waals surface area contributed by atoms with E-state index >= 15 is 0 Å². The second kappa shape index (κ2) is 6.11. The van der Waals surface area contributed by atoms with E-state index in [4.69, 9.17) is 21.4 Å². The van der Waals surface area contributed by atoms with E-state index < -0.39 is 17.6 Å². The van der Waals surface area contributed by atoms with Gasteiger partial charge >= 0.3 is 0 Å². The Hall–Kier alpha value is -2.12. The van der Waals surface area contributed by atoms with E-state index in [2.05, 4.69) is 5.32 Å². The lowest BCUT2D eigenvalue weighted by atomic mass is 10.2. The SMILES string of the molecule is COc1c(F)cc(NC2=CC(=O)N(CCO)C2=O)cc1Cl. The second-order valence-electron chi connectivity index (χ2n) is 4.17. The van der Waals surface area contributed by atoms with Crippen molar-refractivity contribution in [2.24, 2.45) is 0 Å². The van der Waals surface area contributed by atoms with Crippen LogP contribution in [-0.2, 0) is 9.59 Å². The molecule has 8 heteroatoms. The third kappa shape index (κ3) is 2.98. The molecule has 0 bridgehead atoms.